The quantitative estimate of drug-likeness (QED) is 0.732. The molecule has 3 nitrogen and oxygen atoms in total. The lowest BCUT2D eigenvalue weighted by atomic mass is 10.1. The summed E-state index contributed by atoms with van der Waals surface area (Å²) < 4.78 is 25.0. The highest BCUT2D eigenvalue weighted by Gasteiger charge is 2.39. The number of hydrogen-bond acceptors (Lipinski definition) is 2. The van der Waals surface area contributed by atoms with Crippen molar-refractivity contribution in [3.8, 4) is 0 Å². The van der Waals surface area contributed by atoms with Gasteiger partial charge in [0, 0.05) is 0 Å². The van der Waals surface area contributed by atoms with Crippen LogP contribution in [0.3, 0.4) is 0 Å². The third kappa shape index (κ3) is 1.39. The summed E-state index contributed by atoms with van der Waals surface area (Å²) in [5.74, 6) is -1.25. The van der Waals surface area contributed by atoms with Crippen LogP contribution in [0.15, 0.2) is 24.3 Å². The molecule has 2 rings (SSSR count). The first-order valence-electron chi connectivity index (χ1n) is 4.79. The van der Waals surface area contributed by atoms with Crippen LogP contribution in [-0.4, -0.2) is 36.1 Å². The standard InChI is InChI=1S/C11H9F2NO2/c12-5-7(6-13)14-10(15)8-3-1-2-4-9(8)11(14)16/h1-4,7H,5-6H2. The molecule has 84 valence electrons. The van der Waals surface area contributed by atoms with Crippen LogP contribution < -0.4 is 0 Å². The van der Waals surface area contributed by atoms with Gasteiger partial charge in [0.2, 0.25) is 0 Å². The molecule has 0 radical (unpaired) electrons. The summed E-state index contributed by atoms with van der Waals surface area (Å²) in [6.07, 6.45) is 0. The number of alkyl halides is 2. The van der Waals surface area contributed by atoms with Crippen LogP contribution in [0.25, 0.3) is 0 Å². The fourth-order valence-corrected chi connectivity index (χ4v) is 1.72. The molecule has 1 aromatic carbocycles. The second-order valence-corrected chi connectivity index (χ2v) is 3.49. The van der Waals surface area contributed by atoms with Gasteiger partial charge in [0.25, 0.3) is 11.8 Å². The van der Waals surface area contributed by atoms with E-state index in [2.05, 4.69) is 0 Å². The SMILES string of the molecule is O=C1c2ccccc2C(=O)N1C(CF)CF. The van der Waals surface area contributed by atoms with Crippen molar-refractivity contribution in [3.63, 3.8) is 0 Å². The average molecular weight is 225 g/mol. The number of rotatable bonds is 3. The topological polar surface area (TPSA) is 37.4 Å². The van der Waals surface area contributed by atoms with Crippen LogP contribution >= 0.6 is 0 Å². The first kappa shape index (κ1) is 10.7. The van der Waals surface area contributed by atoms with E-state index in [1.165, 1.54) is 12.1 Å². The second kappa shape index (κ2) is 4.00. The van der Waals surface area contributed by atoms with Crippen LogP contribution in [0.4, 0.5) is 8.78 Å². The minimum absolute atomic E-state index is 0.208. The molecule has 1 heterocycles. The number of halogens is 2. The zero-order valence-electron chi connectivity index (χ0n) is 8.32. The molecular weight excluding hydrogens is 216 g/mol. The lowest BCUT2D eigenvalue weighted by Gasteiger charge is -2.20. The molecule has 16 heavy (non-hydrogen) atoms. The maximum atomic E-state index is 12.5. The van der Waals surface area contributed by atoms with Crippen molar-refractivity contribution in [1.82, 2.24) is 4.90 Å². The highest BCUT2D eigenvalue weighted by atomic mass is 19.1. The van der Waals surface area contributed by atoms with E-state index in [0.29, 0.717) is 4.90 Å². The molecule has 0 bridgehead atoms. The number of hydrogen-bond donors (Lipinski definition) is 0. The Morgan fingerprint density at radius 3 is 1.81 bits per heavy atom. The van der Waals surface area contributed by atoms with Gasteiger partial charge in [0.05, 0.1) is 17.2 Å². The molecule has 1 aromatic rings. The van der Waals surface area contributed by atoms with Gasteiger partial charge in [-0.1, -0.05) is 12.1 Å². The molecule has 1 aliphatic heterocycles. The maximum absolute atomic E-state index is 12.5. The number of carbonyl (C=O) groups is 2. The Bertz CT molecular complexity index is 408. The van der Waals surface area contributed by atoms with Crippen LogP contribution in [0.1, 0.15) is 20.7 Å². The molecule has 0 unspecified atom stereocenters. The van der Waals surface area contributed by atoms with Crippen LogP contribution in [0.5, 0.6) is 0 Å². The Hall–Kier alpha value is -1.78. The molecule has 2 amide bonds. The van der Waals surface area contributed by atoms with E-state index in [1.54, 1.807) is 12.1 Å². The van der Waals surface area contributed by atoms with Gasteiger partial charge >= 0.3 is 0 Å². The average Bonchev–Trinajstić information content (AvgIpc) is 2.57. The zero-order chi connectivity index (χ0) is 11.7. The van der Waals surface area contributed by atoms with E-state index in [-0.39, 0.29) is 11.1 Å². The highest BCUT2D eigenvalue weighted by Crippen LogP contribution is 2.24. The molecule has 0 atom stereocenters. The Kier molecular flexibility index (Phi) is 2.68. The number of amides is 2. The van der Waals surface area contributed by atoms with Crippen molar-refractivity contribution in [2.24, 2.45) is 0 Å². The number of nitrogens with zero attached hydrogens (tertiary/aromatic N) is 1. The van der Waals surface area contributed by atoms with Crippen molar-refractivity contribution < 1.29 is 18.4 Å². The lowest BCUT2D eigenvalue weighted by Crippen LogP contribution is -2.42. The highest BCUT2D eigenvalue weighted by molar-refractivity contribution is 6.21. The Balaban J connectivity index is 2.42. The van der Waals surface area contributed by atoms with Gasteiger partial charge in [-0.2, -0.15) is 0 Å². The largest absolute Gasteiger partial charge is 0.269 e. The van der Waals surface area contributed by atoms with Gasteiger partial charge in [-0.15, -0.1) is 0 Å². The molecule has 0 saturated carbocycles. The summed E-state index contributed by atoms with van der Waals surface area (Å²) in [7, 11) is 0. The smallest absolute Gasteiger partial charge is 0.261 e. The van der Waals surface area contributed by atoms with E-state index in [4.69, 9.17) is 0 Å². The van der Waals surface area contributed by atoms with E-state index in [9.17, 15) is 18.4 Å². The van der Waals surface area contributed by atoms with Crippen LogP contribution in [-0.2, 0) is 0 Å². The summed E-state index contributed by atoms with van der Waals surface area (Å²) in [5.41, 5.74) is 0.416. The minimum atomic E-state index is -1.31. The molecule has 0 aromatic heterocycles. The van der Waals surface area contributed by atoms with Crippen LogP contribution in [0, 0.1) is 0 Å². The Morgan fingerprint density at radius 2 is 1.44 bits per heavy atom. The second-order valence-electron chi connectivity index (χ2n) is 3.49. The van der Waals surface area contributed by atoms with E-state index < -0.39 is 31.2 Å². The summed E-state index contributed by atoms with van der Waals surface area (Å²) in [4.78, 5) is 24.1. The Morgan fingerprint density at radius 1 is 1.00 bits per heavy atom. The van der Waals surface area contributed by atoms with Gasteiger partial charge < -0.3 is 0 Å². The molecular formula is C11H9F2NO2. The Labute approximate surface area is 90.7 Å². The molecule has 5 heteroatoms. The number of imide groups is 1. The predicted octanol–water partition coefficient (Wildman–Crippen LogP) is 1.59. The lowest BCUT2D eigenvalue weighted by molar-refractivity contribution is 0.0531. The van der Waals surface area contributed by atoms with Crippen molar-refractivity contribution >= 4 is 11.8 Å². The zero-order valence-corrected chi connectivity index (χ0v) is 8.32. The molecule has 0 N–H and O–H groups in total. The van der Waals surface area contributed by atoms with Crippen LogP contribution in [0.2, 0.25) is 0 Å². The summed E-state index contributed by atoms with van der Waals surface area (Å²) in [6, 6.07) is 4.85. The van der Waals surface area contributed by atoms with Crippen molar-refractivity contribution in [2.45, 2.75) is 6.04 Å². The van der Waals surface area contributed by atoms with Crippen molar-refractivity contribution in [2.75, 3.05) is 13.3 Å². The van der Waals surface area contributed by atoms with Gasteiger partial charge in [-0.25, -0.2) is 8.78 Å². The van der Waals surface area contributed by atoms with Crippen molar-refractivity contribution in [3.05, 3.63) is 35.4 Å². The summed E-state index contributed by atoms with van der Waals surface area (Å²) in [5, 5.41) is 0. The van der Waals surface area contributed by atoms with Gasteiger partial charge in [-0.05, 0) is 12.1 Å². The third-order valence-electron chi connectivity index (χ3n) is 2.55. The fourth-order valence-electron chi connectivity index (χ4n) is 1.72. The fraction of sp³-hybridized carbons (Fsp3) is 0.273. The molecule has 0 spiro atoms. The van der Waals surface area contributed by atoms with Gasteiger partial charge in [0.1, 0.15) is 13.3 Å². The monoisotopic (exact) mass is 225 g/mol. The summed E-state index contributed by atoms with van der Waals surface area (Å²) in [6.45, 7) is -2.13. The first-order valence-corrected chi connectivity index (χ1v) is 4.79. The molecule has 0 fully saturated rings. The molecule has 1 aliphatic rings. The normalized spacial score (nSPS) is 14.8. The van der Waals surface area contributed by atoms with Gasteiger partial charge in [-0.3, -0.25) is 14.5 Å². The van der Waals surface area contributed by atoms with Gasteiger partial charge in [0.15, 0.2) is 0 Å². The van der Waals surface area contributed by atoms with E-state index in [0.717, 1.165) is 0 Å². The number of fused-ring (bicyclic) bond motifs is 1. The van der Waals surface area contributed by atoms with Crippen molar-refractivity contribution in [1.29, 1.82) is 0 Å². The van der Waals surface area contributed by atoms with E-state index in [1.807, 2.05) is 0 Å². The summed E-state index contributed by atoms with van der Waals surface area (Å²) >= 11 is 0. The van der Waals surface area contributed by atoms with E-state index >= 15 is 0 Å². The third-order valence-corrected chi connectivity index (χ3v) is 2.55. The molecule has 0 aliphatic carbocycles. The molecule has 0 saturated heterocycles. The number of carbonyl (C=O) groups excluding carboxylic acids is 2. The minimum Gasteiger partial charge on any atom is -0.269 e. The maximum Gasteiger partial charge on any atom is 0.261 e. The first-order chi connectivity index (χ1) is 7.70. The number of benzene rings is 1. The predicted molar refractivity (Wildman–Crippen MR) is 52.7 cm³/mol.